The van der Waals surface area contributed by atoms with Crippen LogP contribution in [0.1, 0.15) is 55.6 Å². The van der Waals surface area contributed by atoms with E-state index in [1.807, 2.05) is 0 Å². The summed E-state index contributed by atoms with van der Waals surface area (Å²) in [6, 6.07) is 56.6. The van der Waals surface area contributed by atoms with E-state index in [-0.39, 0.29) is 0 Å². The van der Waals surface area contributed by atoms with Crippen molar-refractivity contribution in [3.63, 3.8) is 0 Å². The molecule has 0 radical (unpaired) electrons. The van der Waals surface area contributed by atoms with E-state index in [1.54, 1.807) is 0 Å². The predicted octanol–water partition coefficient (Wildman–Crippen LogP) is 14.8. The lowest BCUT2D eigenvalue weighted by Crippen LogP contribution is -2.13. The molecule has 0 unspecified atom stereocenters. The average Bonchev–Trinajstić information content (AvgIpc) is 3.17. The van der Waals surface area contributed by atoms with E-state index in [9.17, 15) is 0 Å². The molecule has 0 fully saturated rings. The fourth-order valence-corrected chi connectivity index (χ4v) is 7.67. The van der Waals surface area contributed by atoms with E-state index < -0.39 is 0 Å². The Balaban J connectivity index is 1.12. The molecule has 0 aromatic heterocycles. The quantitative estimate of drug-likeness (QED) is 0.131. The number of anilines is 6. The van der Waals surface area contributed by atoms with E-state index in [2.05, 4.69) is 233 Å². The fraction of sp³-hybridized carbons (Fsp3) is 0.115. The highest BCUT2D eigenvalue weighted by Crippen LogP contribution is 2.40. The van der Waals surface area contributed by atoms with Crippen molar-refractivity contribution >= 4 is 58.4 Å². The van der Waals surface area contributed by atoms with Crippen molar-refractivity contribution in [3.05, 3.63) is 213 Å². The zero-order valence-electron chi connectivity index (χ0n) is 32.2. The molecular weight excluding hydrogens is 653 g/mol. The molecule has 54 heavy (non-hydrogen) atoms. The summed E-state index contributed by atoms with van der Waals surface area (Å²) >= 11 is 0. The predicted molar refractivity (Wildman–Crippen MR) is 235 cm³/mol. The van der Waals surface area contributed by atoms with Crippen LogP contribution < -0.4 is 9.80 Å². The summed E-state index contributed by atoms with van der Waals surface area (Å²) in [5, 5.41) is 0. The third kappa shape index (κ3) is 7.99. The number of rotatable bonds is 10. The lowest BCUT2D eigenvalue weighted by Gasteiger charge is -2.29. The van der Waals surface area contributed by atoms with Crippen LogP contribution in [0.5, 0.6) is 0 Å². The van der Waals surface area contributed by atoms with Gasteiger partial charge in [-0.2, -0.15) is 0 Å². The smallest absolute Gasteiger partial charge is 0.0520 e. The molecule has 7 aromatic carbocycles. The van der Waals surface area contributed by atoms with Gasteiger partial charge in [0.15, 0.2) is 0 Å². The Morgan fingerprint density at radius 3 is 0.944 bits per heavy atom. The third-order valence-electron chi connectivity index (χ3n) is 9.96. The van der Waals surface area contributed by atoms with Gasteiger partial charge < -0.3 is 9.80 Å². The molecule has 0 aliphatic heterocycles. The normalized spacial score (nSPS) is 11.4. The fourth-order valence-electron chi connectivity index (χ4n) is 7.67. The molecule has 7 aromatic rings. The zero-order valence-corrected chi connectivity index (χ0v) is 32.2. The van der Waals surface area contributed by atoms with E-state index in [0.717, 1.165) is 33.9 Å². The minimum Gasteiger partial charge on any atom is -0.310 e. The summed E-state index contributed by atoms with van der Waals surface area (Å²) in [5.74, 6) is 0. The van der Waals surface area contributed by atoms with Gasteiger partial charge in [-0.25, -0.2) is 0 Å². The SMILES string of the molecule is Cc1cc(C)c(N(c2ccccc2)c2ccc(/C=C/c3ccccc3/C=C/c3ccc(N(c4ccccc4)c4c(C)cc(C)cc4C)cc3)cc2)c(C)c1. The molecule has 0 aliphatic carbocycles. The van der Waals surface area contributed by atoms with Crippen LogP contribution in [0.4, 0.5) is 34.1 Å². The summed E-state index contributed by atoms with van der Waals surface area (Å²) in [6.45, 7) is 13.1. The van der Waals surface area contributed by atoms with Gasteiger partial charge in [0.25, 0.3) is 0 Å². The molecule has 0 heterocycles. The van der Waals surface area contributed by atoms with Gasteiger partial charge in [-0.1, -0.05) is 145 Å². The molecule has 2 nitrogen and oxygen atoms in total. The Labute approximate surface area is 322 Å². The van der Waals surface area contributed by atoms with Crippen LogP contribution in [0, 0.1) is 41.5 Å². The van der Waals surface area contributed by atoms with Crippen molar-refractivity contribution in [2.45, 2.75) is 41.5 Å². The monoisotopic (exact) mass is 700 g/mol. The molecule has 0 saturated heterocycles. The molecule has 7 rings (SSSR count). The second-order valence-electron chi connectivity index (χ2n) is 14.3. The lowest BCUT2D eigenvalue weighted by atomic mass is 10.0. The highest BCUT2D eigenvalue weighted by molar-refractivity contribution is 5.84. The van der Waals surface area contributed by atoms with Crippen LogP contribution in [0.15, 0.2) is 158 Å². The highest BCUT2D eigenvalue weighted by Gasteiger charge is 2.18. The Morgan fingerprint density at radius 1 is 0.315 bits per heavy atom. The van der Waals surface area contributed by atoms with E-state index in [0.29, 0.717) is 0 Å². The van der Waals surface area contributed by atoms with Gasteiger partial charge in [-0.15, -0.1) is 0 Å². The Kier molecular flexibility index (Phi) is 10.7. The first-order chi connectivity index (χ1) is 26.2. The Hall–Kier alpha value is -6.38. The Morgan fingerprint density at radius 2 is 0.611 bits per heavy atom. The van der Waals surface area contributed by atoms with Crippen molar-refractivity contribution in [1.82, 2.24) is 0 Å². The summed E-state index contributed by atoms with van der Waals surface area (Å²) in [7, 11) is 0. The zero-order chi connectivity index (χ0) is 37.6. The Bertz CT molecular complexity index is 2200. The van der Waals surface area contributed by atoms with Crippen LogP contribution in [-0.4, -0.2) is 0 Å². The molecule has 0 amide bonds. The summed E-state index contributed by atoms with van der Waals surface area (Å²) in [4.78, 5) is 4.74. The largest absolute Gasteiger partial charge is 0.310 e. The van der Waals surface area contributed by atoms with Crippen molar-refractivity contribution < 1.29 is 0 Å². The van der Waals surface area contributed by atoms with Gasteiger partial charge in [-0.3, -0.25) is 0 Å². The highest BCUT2D eigenvalue weighted by atomic mass is 15.2. The van der Waals surface area contributed by atoms with E-state index in [4.69, 9.17) is 0 Å². The number of hydrogen-bond acceptors (Lipinski definition) is 2. The maximum Gasteiger partial charge on any atom is 0.0520 e. The van der Waals surface area contributed by atoms with Crippen LogP contribution in [0.25, 0.3) is 24.3 Å². The van der Waals surface area contributed by atoms with E-state index in [1.165, 1.54) is 55.9 Å². The van der Waals surface area contributed by atoms with Gasteiger partial charge in [-0.05, 0) is 135 Å². The maximum absolute atomic E-state index is 2.37. The van der Waals surface area contributed by atoms with Crippen LogP contribution >= 0.6 is 0 Å². The van der Waals surface area contributed by atoms with Gasteiger partial charge in [0.1, 0.15) is 0 Å². The van der Waals surface area contributed by atoms with Crippen LogP contribution in [-0.2, 0) is 0 Å². The second kappa shape index (κ2) is 16.1. The van der Waals surface area contributed by atoms with Gasteiger partial charge in [0.2, 0.25) is 0 Å². The van der Waals surface area contributed by atoms with Gasteiger partial charge >= 0.3 is 0 Å². The maximum atomic E-state index is 2.37. The van der Waals surface area contributed by atoms with E-state index >= 15 is 0 Å². The van der Waals surface area contributed by atoms with Gasteiger partial charge in [0.05, 0.1) is 11.4 Å². The molecule has 0 bridgehead atoms. The molecule has 0 N–H and O–H groups in total. The minimum atomic E-state index is 1.14. The van der Waals surface area contributed by atoms with Crippen molar-refractivity contribution in [2.24, 2.45) is 0 Å². The van der Waals surface area contributed by atoms with Gasteiger partial charge in [0, 0.05) is 22.7 Å². The second-order valence-corrected chi connectivity index (χ2v) is 14.3. The average molecular weight is 701 g/mol. The first-order valence-electron chi connectivity index (χ1n) is 18.8. The molecule has 0 spiro atoms. The number of benzene rings is 7. The molecular formula is C52H48N2. The summed E-state index contributed by atoms with van der Waals surface area (Å²) < 4.78 is 0. The standard InChI is InChI=1S/C52H48N2/c1-37-33-39(3)51(40(4)34-37)53(47-17-9-7-10-18-47)49-29-23-43(24-30-49)21-27-45-15-13-14-16-46(45)28-22-44-25-31-50(32-26-44)54(48-19-11-8-12-20-48)52-41(5)35-38(2)36-42(52)6/h7-36H,1-6H3/b27-21+,28-22+. The van der Waals surface area contributed by atoms with Crippen LogP contribution in [0.2, 0.25) is 0 Å². The first-order valence-corrected chi connectivity index (χ1v) is 18.8. The molecule has 0 saturated carbocycles. The molecule has 0 atom stereocenters. The number of hydrogen-bond donors (Lipinski definition) is 0. The van der Waals surface area contributed by atoms with Crippen molar-refractivity contribution in [1.29, 1.82) is 0 Å². The third-order valence-corrected chi connectivity index (χ3v) is 9.96. The van der Waals surface area contributed by atoms with Crippen molar-refractivity contribution in [2.75, 3.05) is 9.80 Å². The summed E-state index contributed by atoms with van der Waals surface area (Å²) in [5.41, 5.74) is 19.3. The summed E-state index contributed by atoms with van der Waals surface area (Å²) in [6.07, 6.45) is 8.83. The minimum absolute atomic E-state index is 1.14. The molecule has 0 aliphatic rings. The van der Waals surface area contributed by atoms with Crippen LogP contribution in [0.3, 0.4) is 0 Å². The molecule has 2 heteroatoms. The topological polar surface area (TPSA) is 6.48 Å². The lowest BCUT2D eigenvalue weighted by molar-refractivity contribution is 1.20. The number of para-hydroxylation sites is 2. The first kappa shape index (κ1) is 36.0. The molecule has 266 valence electrons. The number of nitrogens with zero attached hydrogens (tertiary/aromatic N) is 2. The number of aryl methyl sites for hydroxylation is 6. The van der Waals surface area contributed by atoms with Crippen molar-refractivity contribution in [3.8, 4) is 0 Å².